The zero-order valence-corrected chi connectivity index (χ0v) is 12.5. The van der Waals surface area contributed by atoms with Crippen LogP contribution in [0.2, 0.25) is 0 Å². The van der Waals surface area contributed by atoms with E-state index in [0.29, 0.717) is 0 Å². The molecule has 2 unspecified atom stereocenters. The van der Waals surface area contributed by atoms with E-state index >= 15 is 0 Å². The Hall–Kier alpha value is -1.10. The normalized spacial score (nSPS) is 15.1. The lowest BCUT2D eigenvalue weighted by molar-refractivity contribution is 0.238. The van der Waals surface area contributed by atoms with E-state index in [1.807, 2.05) is 13.1 Å². The van der Waals surface area contributed by atoms with Crippen molar-refractivity contribution >= 4 is 0 Å². The highest BCUT2D eigenvalue weighted by Crippen LogP contribution is 2.32. The average Bonchev–Trinajstić information content (AvgIpc) is 2.38. The number of aliphatic hydroxyl groups is 1. The smallest absolute Gasteiger partial charge is 0.123 e. The Morgan fingerprint density at radius 2 is 2.00 bits per heavy atom. The first-order valence-corrected chi connectivity index (χ1v) is 6.57. The number of benzene rings is 1. The first-order valence-electron chi connectivity index (χ1n) is 6.57. The standard InChI is InChI=1S/C15H26N2O2/c1-15(2,3)10-6-7-13(19-5)11(8-10)14(17-4)12(16)9-18/h6-8,12,14,17-18H,9,16H2,1-5H3. The number of rotatable bonds is 5. The summed E-state index contributed by atoms with van der Waals surface area (Å²) in [6.45, 7) is 6.42. The second-order valence-electron chi connectivity index (χ2n) is 5.82. The maximum absolute atomic E-state index is 9.28. The zero-order chi connectivity index (χ0) is 14.6. The zero-order valence-electron chi connectivity index (χ0n) is 12.5. The number of hydrogen-bond donors (Lipinski definition) is 3. The quantitative estimate of drug-likeness (QED) is 0.757. The van der Waals surface area contributed by atoms with Crippen molar-refractivity contribution < 1.29 is 9.84 Å². The molecule has 0 aliphatic rings. The van der Waals surface area contributed by atoms with E-state index in [4.69, 9.17) is 10.5 Å². The number of nitrogens with two attached hydrogens (primary N) is 1. The topological polar surface area (TPSA) is 67.5 Å². The second kappa shape index (κ2) is 6.37. The molecule has 4 nitrogen and oxygen atoms in total. The Labute approximate surface area is 116 Å². The number of hydrogen-bond acceptors (Lipinski definition) is 4. The molecule has 0 radical (unpaired) electrons. The van der Waals surface area contributed by atoms with Gasteiger partial charge in [-0.1, -0.05) is 26.8 Å². The summed E-state index contributed by atoms with van der Waals surface area (Å²) < 4.78 is 5.41. The first-order chi connectivity index (χ1) is 8.85. The molecular formula is C15H26N2O2. The van der Waals surface area contributed by atoms with Crippen LogP contribution in [0.25, 0.3) is 0 Å². The molecule has 1 aromatic carbocycles. The summed E-state index contributed by atoms with van der Waals surface area (Å²) in [6, 6.07) is 5.63. The van der Waals surface area contributed by atoms with Crippen molar-refractivity contribution in [2.45, 2.75) is 38.3 Å². The van der Waals surface area contributed by atoms with Gasteiger partial charge in [0.2, 0.25) is 0 Å². The van der Waals surface area contributed by atoms with Crippen LogP contribution < -0.4 is 15.8 Å². The molecule has 1 aromatic rings. The van der Waals surface area contributed by atoms with E-state index < -0.39 is 0 Å². The van der Waals surface area contributed by atoms with Gasteiger partial charge in [0.25, 0.3) is 0 Å². The van der Waals surface area contributed by atoms with Crippen LogP contribution in [0.4, 0.5) is 0 Å². The molecule has 0 bridgehead atoms. The molecule has 0 saturated heterocycles. The largest absolute Gasteiger partial charge is 0.496 e. The Bertz CT molecular complexity index is 413. The predicted molar refractivity (Wildman–Crippen MR) is 78.6 cm³/mol. The van der Waals surface area contributed by atoms with Crippen molar-refractivity contribution in [1.29, 1.82) is 0 Å². The summed E-state index contributed by atoms with van der Waals surface area (Å²) in [5.41, 5.74) is 8.23. The number of aliphatic hydroxyl groups excluding tert-OH is 1. The van der Waals surface area contributed by atoms with E-state index in [1.54, 1.807) is 7.11 Å². The van der Waals surface area contributed by atoms with Gasteiger partial charge >= 0.3 is 0 Å². The average molecular weight is 266 g/mol. The van der Waals surface area contributed by atoms with Crippen LogP contribution >= 0.6 is 0 Å². The maximum Gasteiger partial charge on any atom is 0.123 e. The van der Waals surface area contributed by atoms with Gasteiger partial charge in [-0.3, -0.25) is 0 Å². The van der Waals surface area contributed by atoms with Crippen molar-refractivity contribution in [2.75, 3.05) is 20.8 Å². The fraction of sp³-hybridized carbons (Fsp3) is 0.600. The lowest BCUT2D eigenvalue weighted by atomic mass is 9.84. The van der Waals surface area contributed by atoms with Gasteiger partial charge in [-0.15, -0.1) is 0 Å². The third kappa shape index (κ3) is 3.69. The Morgan fingerprint density at radius 1 is 1.37 bits per heavy atom. The van der Waals surface area contributed by atoms with E-state index in [0.717, 1.165) is 11.3 Å². The van der Waals surface area contributed by atoms with Crippen LogP contribution in [0, 0.1) is 0 Å². The molecule has 4 heteroatoms. The van der Waals surface area contributed by atoms with Crippen LogP contribution in [0.1, 0.15) is 37.9 Å². The monoisotopic (exact) mass is 266 g/mol. The highest BCUT2D eigenvalue weighted by Gasteiger charge is 2.23. The van der Waals surface area contributed by atoms with Gasteiger partial charge in [-0.25, -0.2) is 0 Å². The van der Waals surface area contributed by atoms with Crippen LogP contribution in [-0.4, -0.2) is 31.9 Å². The highest BCUT2D eigenvalue weighted by atomic mass is 16.5. The van der Waals surface area contributed by atoms with Crippen LogP contribution in [0.3, 0.4) is 0 Å². The van der Waals surface area contributed by atoms with Gasteiger partial charge in [0.1, 0.15) is 5.75 Å². The molecule has 4 N–H and O–H groups in total. The summed E-state index contributed by atoms with van der Waals surface area (Å²) in [5, 5.41) is 12.4. The predicted octanol–water partition coefficient (Wildman–Crippen LogP) is 1.57. The van der Waals surface area contributed by atoms with Crippen molar-refractivity contribution in [3.05, 3.63) is 29.3 Å². The molecule has 0 saturated carbocycles. The van der Waals surface area contributed by atoms with Crippen molar-refractivity contribution in [3.63, 3.8) is 0 Å². The van der Waals surface area contributed by atoms with Crippen molar-refractivity contribution in [3.8, 4) is 5.75 Å². The first kappa shape index (κ1) is 16.0. The van der Waals surface area contributed by atoms with E-state index in [1.165, 1.54) is 5.56 Å². The second-order valence-corrected chi connectivity index (χ2v) is 5.82. The molecular weight excluding hydrogens is 240 g/mol. The van der Waals surface area contributed by atoms with Crippen molar-refractivity contribution in [2.24, 2.45) is 5.73 Å². The third-order valence-corrected chi connectivity index (χ3v) is 3.38. The summed E-state index contributed by atoms with van der Waals surface area (Å²) in [7, 11) is 3.48. The van der Waals surface area contributed by atoms with Crippen molar-refractivity contribution in [1.82, 2.24) is 5.32 Å². The molecule has 19 heavy (non-hydrogen) atoms. The minimum absolute atomic E-state index is 0.0582. The van der Waals surface area contributed by atoms with Gasteiger partial charge in [0.15, 0.2) is 0 Å². The van der Waals surface area contributed by atoms with Gasteiger partial charge in [-0.2, -0.15) is 0 Å². The lowest BCUT2D eigenvalue weighted by Gasteiger charge is -2.27. The summed E-state index contributed by atoms with van der Waals surface area (Å²) >= 11 is 0. The van der Waals surface area contributed by atoms with E-state index in [-0.39, 0.29) is 24.1 Å². The Morgan fingerprint density at radius 3 is 2.42 bits per heavy atom. The molecule has 0 aliphatic heterocycles. The molecule has 2 atom stereocenters. The minimum Gasteiger partial charge on any atom is -0.496 e. The molecule has 0 spiro atoms. The molecule has 0 heterocycles. The fourth-order valence-electron chi connectivity index (χ4n) is 2.15. The molecule has 108 valence electrons. The minimum atomic E-state index is -0.367. The van der Waals surface area contributed by atoms with E-state index in [2.05, 4.69) is 38.2 Å². The highest BCUT2D eigenvalue weighted by molar-refractivity contribution is 5.42. The molecule has 0 fully saturated rings. The summed E-state index contributed by atoms with van der Waals surface area (Å²) in [6.07, 6.45) is 0. The Balaban J connectivity index is 3.29. The van der Waals surface area contributed by atoms with Gasteiger partial charge in [0, 0.05) is 11.6 Å². The lowest BCUT2D eigenvalue weighted by Crippen LogP contribution is -2.39. The number of nitrogens with one attached hydrogen (secondary N) is 1. The molecule has 0 aromatic heterocycles. The molecule has 1 rings (SSSR count). The summed E-state index contributed by atoms with van der Waals surface area (Å²) in [5.74, 6) is 0.788. The summed E-state index contributed by atoms with van der Waals surface area (Å²) in [4.78, 5) is 0. The number of methoxy groups -OCH3 is 1. The fourth-order valence-corrected chi connectivity index (χ4v) is 2.15. The molecule has 0 aliphatic carbocycles. The van der Waals surface area contributed by atoms with Crippen LogP contribution in [0.15, 0.2) is 18.2 Å². The third-order valence-electron chi connectivity index (χ3n) is 3.38. The van der Waals surface area contributed by atoms with E-state index in [9.17, 15) is 5.11 Å². The van der Waals surface area contributed by atoms with Gasteiger partial charge in [-0.05, 0) is 30.2 Å². The van der Waals surface area contributed by atoms with Crippen LogP contribution in [-0.2, 0) is 5.41 Å². The van der Waals surface area contributed by atoms with Gasteiger partial charge < -0.3 is 20.9 Å². The molecule has 0 amide bonds. The van der Waals surface area contributed by atoms with Crippen LogP contribution in [0.5, 0.6) is 5.75 Å². The number of ether oxygens (including phenoxy) is 1. The Kier molecular flexibility index (Phi) is 5.35. The number of likely N-dealkylation sites (N-methyl/N-ethyl adjacent to an activating group) is 1. The maximum atomic E-state index is 9.28. The SMILES string of the molecule is CNC(c1cc(C(C)(C)C)ccc1OC)C(N)CO. The van der Waals surface area contributed by atoms with Gasteiger partial charge in [0.05, 0.1) is 19.8 Å².